The van der Waals surface area contributed by atoms with E-state index < -0.39 is 0 Å². The van der Waals surface area contributed by atoms with Gasteiger partial charge in [0.05, 0.1) is 0 Å². The summed E-state index contributed by atoms with van der Waals surface area (Å²) in [6.07, 6.45) is 5.96. The topological polar surface area (TPSA) is 88.6 Å². The zero-order chi connectivity index (χ0) is 17.4. The molecule has 0 spiro atoms. The van der Waals surface area contributed by atoms with Crippen LogP contribution in [0.5, 0.6) is 0 Å². The van der Waals surface area contributed by atoms with E-state index in [9.17, 15) is 9.59 Å². The Bertz CT molecular complexity index is 886. The Morgan fingerprint density at radius 3 is 2.84 bits per heavy atom. The number of hydrogen-bond donors (Lipinski definition) is 2. The van der Waals surface area contributed by atoms with Crippen LogP contribution >= 0.6 is 0 Å². The summed E-state index contributed by atoms with van der Waals surface area (Å²) in [5, 5.41) is 1.03. The van der Waals surface area contributed by atoms with Crippen LogP contribution in [-0.4, -0.2) is 19.0 Å². The number of carbonyl (C=O) groups is 1. The first-order valence-electron chi connectivity index (χ1n) is 9.03. The fourth-order valence-electron chi connectivity index (χ4n) is 4.25. The molecule has 2 aromatic rings. The Labute approximate surface area is 145 Å². The average Bonchev–Trinajstić information content (AvgIpc) is 2.62. The molecule has 132 valence electrons. The highest BCUT2D eigenvalue weighted by Crippen LogP contribution is 2.40. The van der Waals surface area contributed by atoms with Gasteiger partial charge in [-0.2, -0.15) is 0 Å². The minimum Gasteiger partial charge on any atom is -0.422 e. The second kappa shape index (κ2) is 6.52. The number of amides is 1. The summed E-state index contributed by atoms with van der Waals surface area (Å²) in [7, 11) is 0. The molecule has 0 aliphatic carbocycles. The number of aryl methyl sites for hydroxylation is 3. The second-order valence-electron chi connectivity index (χ2n) is 6.95. The summed E-state index contributed by atoms with van der Waals surface area (Å²) >= 11 is 0. The first-order chi connectivity index (χ1) is 12.2. The highest BCUT2D eigenvalue weighted by molar-refractivity contribution is 5.90. The molecular weight excluding hydrogens is 318 g/mol. The number of hydrogen-bond acceptors (Lipinski definition) is 5. The van der Waals surface area contributed by atoms with Crippen LogP contribution in [0.15, 0.2) is 21.3 Å². The van der Waals surface area contributed by atoms with Crippen molar-refractivity contribution in [3.8, 4) is 0 Å². The molecule has 0 saturated carbocycles. The van der Waals surface area contributed by atoms with Crippen molar-refractivity contribution in [1.29, 1.82) is 0 Å². The van der Waals surface area contributed by atoms with Crippen LogP contribution in [0.25, 0.3) is 11.0 Å². The normalized spacial score (nSPS) is 16.0. The fourth-order valence-corrected chi connectivity index (χ4v) is 4.25. The number of benzene rings is 1. The van der Waals surface area contributed by atoms with E-state index in [1.54, 1.807) is 6.07 Å². The average molecular weight is 341 g/mol. The van der Waals surface area contributed by atoms with Gasteiger partial charge < -0.3 is 9.32 Å². The van der Waals surface area contributed by atoms with E-state index in [0.29, 0.717) is 19.3 Å². The molecule has 2 aliphatic heterocycles. The molecule has 0 radical (unpaired) electrons. The van der Waals surface area contributed by atoms with Crippen LogP contribution < -0.4 is 21.8 Å². The number of rotatable bonds is 4. The maximum absolute atomic E-state index is 12.1. The van der Waals surface area contributed by atoms with E-state index >= 15 is 0 Å². The summed E-state index contributed by atoms with van der Waals surface area (Å²) < 4.78 is 5.64. The monoisotopic (exact) mass is 341 g/mol. The van der Waals surface area contributed by atoms with Gasteiger partial charge in [0.1, 0.15) is 5.58 Å². The van der Waals surface area contributed by atoms with Crippen LogP contribution in [0.2, 0.25) is 0 Å². The molecule has 2 aliphatic rings. The Morgan fingerprint density at radius 1 is 1.24 bits per heavy atom. The molecule has 3 heterocycles. The number of fused-ring (bicyclic) bond motifs is 2. The van der Waals surface area contributed by atoms with Crippen molar-refractivity contribution >= 4 is 22.6 Å². The third-order valence-electron chi connectivity index (χ3n) is 5.32. The van der Waals surface area contributed by atoms with E-state index in [1.165, 1.54) is 23.2 Å². The number of hydrazine groups is 1. The van der Waals surface area contributed by atoms with Gasteiger partial charge in [-0.3, -0.25) is 10.2 Å². The summed E-state index contributed by atoms with van der Waals surface area (Å²) in [5.74, 6) is 4.95. The number of carbonyl (C=O) groups excluding carboxylic acids is 1. The molecule has 3 N–H and O–H groups in total. The van der Waals surface area contributed by atoms with Gasteiger partial charge in [-0.25, -0.2) is 10.6 Å². The zero-order valence-electron chi connectivity index (χ0n) is 14.3. The van der Waals surface area contributed by atoms with E-state index in [0.717, 1.165) is 48.9 Å². The van der Waals surface area contributed by atoms with Crippen LogP contribution in [0.4, 0.5) is 5.69 Å². The highest BCUT2D eigenvalue weighted by atomic mass is 16.4. The van der Waals surface area contributed by atoms with Crippen molar-refractivity contribution in [1.82, 2.24) is 5.43 Å². The third kappa shape index (κ3) is 2.91. The van der Waals surface area contributed by atoms with Crippen LogP contribution in [0.1, 0.15) is 42.4 Å². The summed E-state index contributed by atoms with van der Waals surface area (Å²) in [6.45, 7) is 2.17. The molecular formula is C19H23N3O3. The maximum atomic E-state index is 12.1. The van der Waals surface area contributed by atoms with Crippen molar-refractivity contribution in [3.63, 3.8) is 0 Å². The minimum absolute atomic E-state index is 0.185. The number of anilines is 1. The highest BCUT2D eigenvalue weighted by Gasteiger charge is 2.27. The van der Waals surface area contributed by atoms with Gasteiger partial charge in [-0.05, 0) is 55.7 Å². The molecule has 6 heteroatoms. The molecule has 4 rings (SSSR count). The molecule has 1 aromatic carbocycles. The van der Waals surface area contributed by atoms with Crippen LogP contribution in [-0.2, 0) is 24.1 Å². The van der Waals surface area contributed by atoms with Gasteiger partial charge in [0.2, 0.25) is 5.91 Å². The van der Waals surface area contributed by atoms with Crippen LogP contribution in [0.3, 0.4) is 0 Å². The molecule has 0 saturated heterocycles. The molecule has 0 unspecified atom stereocenters. The zero-order valence-corrected chi connectivity index (χ0v) is 14.3. The van der Waals surface area contributed by atoms with E-state index in [2.05, 4.69) is 16.4 Å². The Hall–Kier alpha value is -2.34. The SMILES string of the molecule is NNC(=O)CCCc1cc(=O)oc2c3c4c(cc12)CCCN4CCC3. The second-order valence-corrected chi connectivity index (χ2v) is 6.95. The summed E-state index contributed by atoms with van der Waals surface area (Å²) in [4.78, 5) is 25.9. The quantitative estimate of drug-likeness (QED) is 0.383. The lowest BCUT2D eigenvalue weighted by molar-refractivity contribution is -0.121. The van der Waals surface area contributed by atoms with Gasteiger partial charge in [-0.15, -0.1) is 0 Å². The number of nitrogens with one attached hydrogen (secondary N) is 1. The lowest BCUT2D eigenvalue weighted by atomic mass is 9.88. The largest absolute Gasteiger partial charge is 0.422 e. The predicted molar refractivity (Wildman–Crippen MR) is 96.6 cm³/mol. The van der Waals surface area contributed by atoms with Gasteiger partial charge >= 0.3 is 5.63 Å². The predicted octanol–water partition coefficient (Wildman–Crippen LogP) is 1.80. The lowest BCUT2D eigenvalue weighted by Crippen LogP contribution is -2.34. The smallest absolute Gasteiger partial charge is 0.336 e. The molecule has 0 atom stereocenters. The van der Waals surface area contributed by atoms with E-state index in [4.69, 9.17) is 10.3 Å². The maximum Gasteiger partial charge on any atom is 0.336 e. The van der Waals surface area contributed by atoms with Crippen molar-refractivity contribution in [2.45, 2.75) is 44.9 Å². The summed E-state index contributed by atoms with van der Waals surface area (Å²) in [5.41, 5.74) is 7.41. The lowest BCUT2D eigenvalue weighted by Gasteiger charge is -2.37. The molecule has 0 fully saturated rings. The van der Waals surface area contributed by atoms with Crippen molar-refractivity contribution < 1.29 is 9.21 Å². The minimum atomic E-state index is -0.310. The first kappa shape index (κ1) is 16.1. The third-order valence-corrected chi connectivity index (χ3v) is 5.32. The molecule has 6 nitrogen and oxygen atoms in total. The van der Waals surface area contributed by atoms with Gasteiger partial charge in [0.15, 0.2) is 0 Å². The van der Waals surface area contributed by atoms with E-state index in [-0.39, 0.29) is 11.5 Å². The number of nitrogens with zero attached hydrogens (tertiary/aromatic N) is 1. The Morgan fingerprint density at radius 2 is 2.04 bits per heavy atom. The number of nitrogens with two attached hydrogens (primary N) is 1. The van der Waals surface area contributed by atoms with Crippen molar-refractivity contribution in [2.24, 2.45) is 5.84 Å². The first-order valence-corrected chi connectivity index (χ1v) is 9.03. The van der Waals surface area contributed by atoms with Gasteiger partial charge in [0.25, 0.3) is 0 Å². The van der Waals surface area contributed by atoms with E-state index in [1.807, 2.05) is 0 Å². The Balaban J connectivity index is 1.80. The summed E-state index contributed by atoms with van der Waals surface area (Å²) in [6, 6.07) is 3.78. The molecule has 0 bridgehead atoms. The molecule has 25 heavy (non-hydrogen) atoms. The van der Waals surface area contributed by atoms with Crippen molar-refractivity contribution in [3.05, 3.63) is 39.2 Å². The van der Waals surface area contributed by atoms with Gasteiger partial charge in [-0.1, -0.05) is 0 Å². The standard InChI is InChI=1S/C19H23N3O3/c20-21-16(23)7-1-4-12-11-17(24)25-19-14-6-3-9-22-8-2-5-13(18(14)22)10-15(12)19/h10-11H,1-9,20H2,(H,21,23). The van der Waals surface area contributed by atoms with Crippen LogP contribution in [0, 0.1) is 0 Å². The molecule has 1 amide bonds. The molecule has 1 aromatic heterocycles. The fraction of sp³-hybridized carbons (Fsp3) is 0.474. The van der Waals surface area contributed by atoms with Gasteiger partial charge in [0, 0.05) is 42.2 Å². The Kier molecular flexibility index (Phi) is 4.21. The van der Waals surface area contributed by atoms with Crippen molar-refractivity contribution in [2.75, 3.05) is 18.0 Å².